The van der Waals surface area contributed by atoms with Crippen LogP contribution in [0.2, 0.25) is 0 Å². The van der Waals surface area contributed by atoms with E-state index in [-0.39, 0.29) is 11.7 Å². The molecule has 1 amide bonds. The van der Waals surface area contributed by atoms with Crippen molar-refractivity contribution in [2.75, 3.05) is 18.2 Å². The normalized spacial score (nSPS) is 10.8. The van der Waals surface area contributed by atoms with E-state index in [0.29, 0.717) is 10.3 Å². The van der Waals surface area contributed by atoms with Crippen LogP contribution >= 0.6 is 23.1 Å². The number of hydrogen-bond donors (Lipinski definition) is 1. The number of nitrogens with zero attached hydrogens (tertiary/aromatic N) is 4. The molecule has 0 aliphatic heterocycles. The minimum Gasteiger partial charge on any atom is -0.497 e. The third-order valence-electron chi connectivity index (χ3n) is 4.57. The van der Waals surface area contributed by atoms with E-state index in [2.05, 4.69) is 20.5 Å². The largest absolute Gasteiger partial charge is 0.497 e. The molecule has 4 rings (SSSR count). The average molecular weight is 452 g/mol. The molecule has 0 saturated carbocycles. The Hall–Kier alpha value is -3.17. The molecule has 4 aromatic rings. The topological polar surface area (TPSA) is 81.9 Å². The van der Waals surface area contributed by atoms with E-state index < -0.39 is 0 Å². The highest BCUT2D eigenvalue weighted by molar-refractivity contribution is 7.99. The molecule has 1 N–H and O–H groups in total. The van der Waals surface area contributed by atoms with Gasteiger partial charge in [-0.3, -0.25) is 9.36 Å². The molecule has 2 aromatic carbocycles. The fourth-order valence-electron chi connectivity index (χ4n) is 2.96. The zero-order valence-corrected chi connectivity index (χ0v) is 19.0. The van der Waals surface area contributed by atoms with Gasteiger partial charge in [-0.05, 0) is 50.2 Å². The molecule has 2 heterocycles. The second-order valence-corrected chi connectivity index (χ2v) is 8.95. The van der Waals surface area contributed by atoms with Crippen LogP contribution in [0.3, 0.4) is 0 Å². The molecular formula is C22H21N5O2S2. The van der Waals surface area contributed by atoms with Crippen molar-refractivity contribution in [1.29, 1.82) is 0 Å². The summed E-state index contributed by atoms with van der Waals surface area (Å²) >= 11 is 2.79. The number of aryl methyl sites for hydroxylation is 2. The minimum absolute atomic E-state index is 0.140. The summed E-state index contributed by atoms with van der Waals surface area (Å²) < 4.78 is 7.07. The summed E-state index contributed by atoms with van der Waals surface area (Å²) in [5.74, 6) is 0.861. The van der Waals surface area contributed by atoms with Gasteiger partial charge < -0.3 is 10.1 Å². The van der Waals surface area contributed by atoms with Gasteiger partial charge in [0.1, 0.15) is 12.1 Å². The van der Waals surface area contributed by atoms with Gasteiger partial charge in [-0.1, -0.05) is 29.5 Å². The second-order valence-electron chi connectivity index (χ2n) is 6.81. The van der Waals surface area contributed by atoms with Gasteiger partial charge in [0, 0.05) is 16.1 Å². The molecule has 0 saturated heterocycles. The van der Waals surface area contributed by atoms with E-state index in [1.54, 1.807) is 13.4 Å². The average Bonchev–Trinajstić information content (AvgIpc) is 3.39. The lowest BCUT2D eigenvalue weighted by atomic mass is 10.1. The molecule has 0 atom stereocenters. The molecule has 0 fully saturated rings. The van der Waals surface area contributed by atoms with Crippen molar-refractivity contribution in [2.24, 2.45) is 0 Å². The number of anilines is 1. The Morgan fingerprint density at radius 2 is 1.87 bits per heavy atom. The molecule has 0 radical (unpaired) electrons. The molecule has 2 aromatic heterocycles. The molecule has 0 aliphatic rings. The number of methoxy groups -OCH3 is 1. The Balaban J connectivity index is 1.40. The summed E-state index contributed by atoms with van der Waals surface area (Å²) in [6, 6.07) is 15.8. The van der Waals surface area contributed by atoms with Crippen molar-refractivity contribution in [2.45, 2.75) is 19.0 Å². The number of ether oxygens (including phenoxy) is 1. The van der Waals surface area contributed by atoms with E-state index in [1.165, 1.54) is 28.7 Å². The van der Waals surface area contributed by atoms with Gasteiger partial charge in [0.2, 0.25) is 5.91 Å². The first kappa shape index (κ1) is 21.1. The molecule has 7 nitrogen and oxygen atoms in total. The predicted molar refractivity (Wildman–Crippen MR) is 124 cm³/mol. The number of aromatic nitrogens is 4. The molecule has 158 valence electrons. The van der Waals surface area contributed by atoms with Crippen LogP contribution in [0.4, 0.5) is 5.13 Å². The maximum Gasteiger partial charge on any atom is 0.236 e. The van der Waals surface area contributed by atoms with Gasteiger partial charge in [-0.2, -0.15) is 0 Å². The van der Waals surface area contributed by atoms with Crippen molar-refractivity contribution < 1.29 is 9.53 Å². The van der Waals surface area contributed by atoms with Crippen LogP contribution in [0.1, 0.15) is 10.4 Å². The van der Waals surface area contributed by atoms with E-state index in [9.17, 15) is 4.79 Å². The Bertz CT molecular complexity index is 1180. The first-order valence-electron chi connectivity index (χ1n) is 9.55. The quantitative estimate of drug-likeness (QED) is 0.409. The van der Waals surface area contributed by atoms with E-state index >= 15 is 0 Å². The molecule has 0 unspecified atom stereocenters. The first-order valence-corrected chi connectivity index (χ1v) is 11.4. The Labute approximate surface area is 188 Å². The van der Waals surface area contributed by atoms with E-state index in [0.717, 1.165) is 27.6 Å². The summed E-state index contributed by atoms with van der Waals surface area (Å²) in [6.45, 7) is 4.03. The van der Waals surface area contributed by atoms with E-state index in [4.69, 9.17) is 4.74 Å². The smallest absolute Gasteiger partial charge is 0.236 e. The molecule has 31 heavy (non-hydrogen) atoms. The van der Waals surface area contributed by atoms with Crippen LogP contribution in [0.25, 0.3) is 16.9 Å². The lowest BCUT2D eigenvalue weighted by molar-refractivity contribution is -0.113. The third kappa shape index (κ3) is 4.95. The number of hydrogen-bond acceptors (Lipinski definition) is 7. The van der Waals surface area contributed by atoms with Gasteiger partial charge in [0.25, 0.3) is 0 Å². The van der Waals surface area contributed by atoms with Gasteiger partial charge in [-0.25, -0.2) is 4.98 Å². The highest BCUT2D eigenvalue weighted by Crippen LogP contribution is 2.31. The van der Waals surface area contributed by atoms with Crippen LogP contribution in [0.5, 0.6) is 5.75 Å². The van der Waals surface area contributed by atoms with Crippen LogP contribution in [0, 0.1) is 13.8 Å². The minimum atomic E-state index is -0.140. The summed E-state index contributed by atoms with van der Waals surface area (Å²) in [7, 11) is 1.64. The molecule has 0 bridgehead atoms. The monoisotopic (exact) mass is 451 g/mol. The highest BCUT2D eigenvalue weighted by atomic mass is 32.2. The molecular weight excluding hydrogens is 430 g/mol. The number of thiazole rings is 1. The fourth-order valence-corrected chi connectivity index (χ4v) is 4.54. The van der Waals surface area contributed by atoms with Gasteiger partial charge in [0.05, 0.1) is 18.6 Å². The maximum absolute atomic E-state index is 12.5. The summed E-state index contributed by atoms with van der Waals surface area (Å²) in [6.07, 6.45) is 1.65. The summed E-state index contributed by atoms with van der Waals surface area (Å²) in [5.41, 5.74) is 3.97. The van der Waals surface area contributed by atoms with Gasteiger partial charge in [0.15, 0.2) is 10.3 Å². The highest BCUT2D eigenvalue weighted by Gasteiger charge is 2.14. The first-order chi connectivity index (χ1) is 15.0. The van der Waals surface area contributed by atoms with Crippen LogP contribution in [-0.4, -0.2) is 38.5 Å². The zero-order chi connectivity index (χ0) is 21.8. The van der Waals surface area contributed by atoms with Crippen LogP contribution in [-0.2, 0) is 4.79 Å². The number of rotatable bonds is 7. The number of carbonyl (C=O) groups excluding carboxylic acids is 1. The Morgan fingerprint density at radius 3 is 2.58 bits per heavy atom. The van der Waals surface area contributed by atoms with Crippen LogP contribution < -0.4 is 10.1 Å². The predicted octanol–water partition coefficient (Wildman–Crippen LogP) is 4.75. The SMILES string of the molecule is COc1ccc(-c2nc(NC(=O)CSc3nncn3-c3ccc(C)cc3)sc2C)cc1. The molecule has 0 spiro atoms. The number of carbonyl (C=O) groups is 1. The fraction of sp³-hybridized carbons (Fsp3) is 0.182. The van der Waals surface area contributed by atoms with E-state index in [1.807, 2.05) is 66.9 Å². The van der Waals surface area contributed by atoms with Gasteiger partial charge in [-0.15, -0.1) is 21.5 Å². The number of benzene rings is 2. The summed E-state index contributed by atoms with van der Waals surface area (Å²) in [5, 5.41) is 12.3. The van der Waals surface area contributed by atoms with Gasteiger partial charge >= 0.3 is 0 Å². The number of thioether (sulfide) groups is 1. The second kappa shape index (κ2) is 9.32. The van der Waals surface area contributed by atoms with Crippen molar-refractivity contribution in [3.8, 4) is 22.7 Å². The maximum atomic E-state index is 12.5. The van der Waals surface area contributed by atoms with Crippen molar-refractivity contribution in [3.63, 3.8) is 0 Å². The lowest BCUT2D eigenvalue weighted by Gasteiger charge is -2.06. The van der Waals surface area contributed by atoms with Crippen molar-refractivity contribution in [1.82, 2.24) is 19.7 Å². The number of amides is 1. The Kier molecular flexibility index (Phi) is 6.34. The zero-order valence-electron chi connectivity index (χ0n) is 17.3. The summed E-state index contributed by atoms with van der Waals surface area (Å²) in [4.78, 5) is 18.1. The lowest BCUT2D eigenvalue weighted by Crippen LogP contribution is -2.14. The number of nitrogens with one attached hydrogen (secondary N) is 1. The van der Waals surface area contributed by atoms with Crippen molar-refractivity contribution >= 4 is 34.1 Å². The van der Waals surface area contributed by atoms with Crippen LogP contribution in [0.15, 0.2) is 60.0 Å². The Morgan fingerprint density at radius 1 is 1.13 bits per heavy atom. The molecule has 0 aliphatic carbocycles. The third-order valence-corrected chi connectivity index (χ3v) is 6.40. The molecule has 9 heteroatoms. The van der Waals surface area contributed by atoms with Crippen molar-refractivity contribution in [3.05, 3.63) is 65.3 Å². The standard InChI is InChI=1S/C22H21N5O2S2/c1-14-4-8-17(9-5-14)27-13-23-26-22(27)30-12-19(28)24-21-25-20(15(2)31-21)16-6-10-18(29-3)11-7-16/h4-11,13H,12H2,1-3H3,(H,24,25,28).